The van der Waals surface area contributed by atoms with Gasteiger partial charge in [-0.15, -0.1) is 0 Å². The van der Waals surface area contributed by atoms with E-state index in [2.05, 4.69) is 27.8 Å². The highest BCUT2D eigenvalue weighted by Gasteiger charge is 2.09. The van der Waals surface area contributed by atoms with Gasteiger partial charge in [0.05, 0.1) is 6.26 Å². The Morgan fingerprint density at radius 1 is 1.55 bits per heavy atom. The number of hydrogen-bond donors (Lipinski definition) is 0. The summed E-state index contributed by atoms with van der Waals surface area (Å²) in [4.78, 5) is 2.14. The molecule has 0 aliphatic heterocycles. The summed E-state index contributed by atoms with van der Waals surface area (Å²) in [5, 5.41) is 0. The first kappa shape index (κ1) is 8.81. The first-order chi connectivity index (χ1) is 5.11. The van der Waals surface area contributed by atoms with Gasteiger partial charge in [0.2, 0.25) is 0 Å². The van der Waals surface area contributed by atoms with E-state index < -0.39 is 0 Å². The van der Waals surface area contributed by atoms with Crippen LogP contribution < -0.4 is 0 Å². The summed E-state index contributed by atoms with van der Waals surface area (Å²) in [6.45, 7) is 2.14. The van der Waals surface area contributed by atoms with E-state index in [0.717, 1.165) is 4.67 Å². The van der Waals surface area contributed by atoms with E-state index in [4.69, 9.17) is 4.42 Å². The van der Waals surface area contributed by atoms with Crippen LogP contribution in [0, 0.1) is 0 Å². The molecule has 0 aliphatic rings. The maximum atomic E-state index is 5.13. The van der Waals surface area contributed by atoms with Crippen LogP contribution in [0.1, 0.15) is 18.5 Å². The van der Waals surface area contributed by atoms with Crippen molar-refractivity contribution in [3.05, 3.63) is 22.6 Å². The summed E-state index contributed by atoms with van der Waals surface area (Å²) in [7, 11) is 4.09. The maximum absolute atomic E-state index is 5.13. The van der Waals surface area contributed by atoms with Crippen LogP contribution in [0.15, 0.2) is 21.4 Å². The zero-order valence-corrected chi connectivity index (χ0v) is 8.55. The van der Waals surface area contributed by atoms with Gasteiger partial charge >= 0.3 is 0 Å². The number of rotatable bonds is 2. The van der Waals surface area contributed by atoms with Gasteiger partial charge in [-0.05, 0) is 43.0 Å². The summed E-state index contributed by atoms with van der Waals surface area (Å²) in [5.41, 5.74) is 1.20. The molecule has 0 spiro atoms. The standard InChI is InChI=1S/C8H12BrNO/c1-6(10(2)3)7-4-8(9)11-5-7/h4-6H,1-3H3. The second-order valence-electron chi connectivity index (χ2n) is 2.82. The van der Waals surface area contributed by atoms with Crippen LogP contribution in [0.4, 0.5) is 0 Å². The molecule has 1 aromatic rings. The van der Waals surface area contributed by atoms with Crippen LogP contribution in [-0.4, -0.2) is 19.0 Å². The lowest BCUT2D eigenvalue weighted by atomic mass is 10.2. The summed E-state index contributed by atoms with van der Waals surface area (Å²) in [6, 6.07) is 2.40. The minimum absolute atomic E-state index is 0.407. The summed E-state index contributed by atoms with van der Waals surface area (Å²) in [6.07, 6.45) is 1.77. The van der Waals surface area contributed by atoms with Crippen LogP contribution in [0.5, 0.6) is 0 Å². The lowest BCUT2D eigenvalue weighted by Gasteiger charge is -2.17. The number of furan rings is 1. The third kappa shape index (κ3) is 2.07. The predicted octanol–water partition coefficient (Wildman–Crippen LogP) is 2.66. The highest BCUT2D eigenvalue weighted by Crippen LogP contribution is 2.22. The van der Waals surface area contributed by atoms with Gasteiger partial charge in [0.25, 0.3) is 0 Å². The Kier molecular flexibility index (Phi) is 2.73. The van der Waals surface area contributed by atoms with Crippen molar-refractivity contribution in [2.75, 3.05) is 14.1 Å². The van der Waals surface area contributed by atoms with E-state index in [1.165, 1.54) is 5.56 Å². The first-order valence-electron chi connectivity index (χ1n) is 3.51. The minimum Gasteiger partial charge on any atom is -0.457 e. The Bertz CT molecular complexity index is 232. The van der Waals surface area contributed by atoms with E-state index in [0.29, 0.717) is 6.04 Å². The number of nitrogens with zero attached hydrogens (tertiary/aromatic N) is 1. The Morgan fingerprint density at radius 3 is 2.55 bits per heavy atom. The molecule has 0 fully saturated rings. The smallest absolute Gasteiger partial charge is 0.169 e. The lowest BCUT2D eigenvalue weighted by Crippen LogP contribution is -2.15. The van der Waals surface area contributed by atoms with Gasteiger partial charge in [0.1, 0.15) is 0 Å². The first-order valence-corrected chi connectivity index (χ1v) is 4.31. The van der Waals surface area contributed by atoms with Crippen molar-refractivity contribution in [2.45, 2.75) is 13.0 Å². The molecule has 3 heteroatoms. The van der Waals surface area contributed by atoms with E-state index in [-0.39, 0.29) is 0 Å². The molecule has 0 bridgehead atoms. The molecule has 2 nitrogen and oxygen atoms in total. The monoisotopic (exact) mass is 217 g/mol. The topological polar surface area (TPSA) is 16.4 Å². The van der Waals surface area contributed by atoms with Crippen LogP contribution in [0.25, 0.3) is 0 Å². The fourth-order valence-corrected chi connectivity index (χ4v) is 1.20. The van der Waals surface area contributed by atoms with Crippen molar-refractivity contribution in [3.8, 4) is 0 Å². The lowest BCUT2D eigenvalue weighted by molar-refractivity contribution is 0.319. The van der Waals surface area contributed by atoms with Crippen molar-refractivity contribution in [1.82, 2.24) is 4.90 Å². The molecule has 0 aliphatic carbocycles. The number of hydrogen-bond acceptors (Lipinski definition) is 2. The van der Waals surface area contributed by atoms with Crippen molar-refractivity contribution < 1.29 is 4.42 Å². The molecule has 1 unspecified atom stereocenters. The molecule has 1 atom stereocenters. The van der Waals surface area contributed by atoms with Crippen LogP contribution in [-0.2, 0) is 0 Å². The van der Waals surface area contributed by atoms with Crippen LogP contribution in [0.3, 0.4) is 0 Å². The van der Waals surface area contributed by atoms with Gasteiger partial charge in [-0.25, -0.2) is 0 Å². The van der Waals surface area contributed by atoms with Crippen LogP contribution >= 0.6 is 15.9 Å². The zero-order valence-electron chi connectivity index (χ0n) is 6.97. The predicted molar refractivity (Wildman–Crippen MR) is 48.5 cm³/mol. The quantitative estimate of drug-likeness (QED) is 0.758. The normalized spacial score (nSPS) is 13.9. The minimum atomic E-state index is 0.407. The summed E-state index contributed by atoms with van der Waals surface area (Å²) < 4.78 is 5.92. The Morgan fingerprint density at radius 2 is 2.18 bits per heavy atom. The third-order valence-electron chi connectivity index (χ3n) is 1.84. The highest BCUT2D eigenvalue weighted by atomic mass is 79.9. The molecule has 0 aromatic carbocycles. The third-order valence-corrected chi connectivity index (χ3v) is 2.26. The Hall–Kier alpha value is -0.280. The SMILES string of the molecule is CC(c1coc(Br)c1)N(C)C. The maximum Gasteiger partial charge on any atom is 0.169 e. The molecule has 0 saturated heterocycles. The van der Waals surface area contributed by atoms with Gasteiger partial charge in [-0.2, -0.15) is 0 Å². The highest BCUT2D eigenvalue weighted by molar-refractivity contribution is 9.10. The van der Waals surface area contributed by atoms with Crippen LogP contribution in [0.2, 0.25) is 0 Å². The largest absolute Gasteiger partial charge is 0.457 e. The summed E-state index contributed by atoms with van der Waals surface area (Å²) in [5.74, 6) is 0. The average molecular weight is 218 g/mol. The fourth-order valence-electron chi connectivity index (χ4n) is 0.841. The van der Waals surface area contributed by atoms with Gasteiger partial charge in [-0.3, -0.25) is 0 Å². The second-order valence-corrected chi connectivity index (χ2v) is 3.61. The average Bonchev–Trinajstić information content (AvgIpc) is 2.34. The number of halogens is 1. The molecular formula is C8H12BrNO. The molecule has 0 N–H and O–H groups in total. The molecule has 1 heterocycles. The van der Waals surface area contributed by atoms with Crippen molar-refractivity contribution in [2.24, 2.45) is 0 Å². The molecular weight excluding hydrogens is 206 g/mol. The molecule has 1 rings (SSSR count). The molecule has 0 radical (unpaired) electrons. The van der Waals surface area contributed by atoms with Gasteiger partial charge in [-0.1, -0.05) is 0 Å². The van der Waals surface area contributed by atoms with Gasteiger partial charge < -0.3 is 9.32 Å². The second kappa shape index (κ2) is 3.41. The Labute approximate surface area is 75.3 Å². The van der Waals surface area contributed by atoms with Gasteiger partial charge in [0, 0.05) is 11.6 Å². The zero-order chi connectivity index (χ0) is 8.43. The van der Waals surface area contributed by atoms with E-state index in [1.54, 1.807) is 6.26 Å². The van der Waals surface area contributed by atoms with Crippen molar-refractivity contribution >= 4 is 15.9 Å². The molecule has 1 aromatic heterocycles. The molecule has 11 heavy (non-hydrogen) atoms. The van der Waals surface area contributed by atoms with E-state index >= 15 is 0 Å². The van der Waals surface area contributed by atoms with E-state index in [9.17, 15) is 0 Å². The summed E-state index contributed by atoms with van der Waals surface area (Å²) >= 11 is 3.26. The molecule has 0 saturated carbocycles. The van der Waals surface area contributed by atoms with E-state index in [1.807, 2.05) is 20.2 Å². The molecule has 0 amide bonds. The van der Waals surface area contributed by atoms with Crippen molar-refractivity contribution in [1.29, 1.82) is 0 Å². The molecule has 62 valence electrons. The Balaban J connectivity index is 2.76. The van der Waals surface area contributed by atoms with Crippen molar-refractivity contribution in [3.63, 3.8) is 0 Å². The fraction of sp³-hybridized carbons (Fsp3) is 0.500. The van der Waals surface area contributed by atoms with Gasteiger partial charge in [0.15, 0.2) is 4.67 Å².